The number of aryl methyl sites for hydroxylation is 1. The molecule has 0 saturated carbocycles. The number of hydrogen-bond acceptors (Lipinski definition) is 4. The van der Waals surface area contributed by atoms with Gasteiger partial charge in [-0.1, -0.05) is 42.5 Å². The van der Waals surface area contributed by atoms with E-state index in [0.29, 0.717) is 11.1 Å². The highest BCUT2D eigenvalue weighted by molar-refractivity contribution is 7.89. The number of hydrogen-bond donors (Lipinski definition) is 2. The van der Waals surface area contributed by atoms with E-state index in [9.17, 15) is 22.4 Å². The quantitative estimate of drug-likeness (QED) is 0.447. The molecule has 1 amide bonds. The second-order valence-electron chi connectivity index (χ2n) is 9.82. The summed E-state index contributed by atoms with van der Waals surface area (Å²) in [5.41, 5.74) is 1.65. The number of benzene rings is 3. The highest BCUT2D eigenvalue weighted by Gasteiger charge is 2.25. The van der Waals surface area contributed by atoms with Crippen molar-refractivity contribution in [3.63, 3.8) is 0 Å². The molecular formula is C28H31FN2O4S. The van der Waals surface area contributed by atoms with Crippen LogP contribution in [-0.2, 0) is 27.7 Å². The lowest BCUT2D eigenvalue weighted by atomic mass is 9.96. The lowest BCUT2D eigenvalue weighted by Gasteiger charge is -2.21. The third kappa shape index (κ3) is 7.57. The molecule has 1 atom stereocenters. The van der Waals surface area contributed by atoms with Gasteiger partial charge in [-0.2, -0.15) is 0 Å². The Bertz CT molecular complexity index is 1330. The third-order valence-electron chi connectivity index (χ3n) is 5.43. The van der Waals surface area contributed by atoms with Crippen LogP contribution >= 0.6 is 0 Å². The zero-order valence-corrected chi connectivity index (χ0v) is 21.7. The van der Waals surface area contributed by atoms with E-state index < -0.39 is 33.3 Å². The molecule has 0 spiro atoms. The summed E-state index contributed by atoms with van der Waals surface area (Å²) < 4.78 is 41.4. The highest BCUT2D eigenvalue weighted by Crippen LogP contribution is 2.20. The molecule has 0 heterocycles. The fourth-order valence-corrected chi connectivity index (χ4v) is 5.49. The fourth-order valence-electron chi connectivity index (χ4n) is 3.84. The predicted molar refractivity (Wildman–Crippen MR) is 138 cm³/mol. The smallest absolute Gasteiger partial charge is 0.251 e. The number of halogens is 1. The number of ketones is 1. The molecule has 0 bridgehead atoms. The number of Topliss-reactive ketones (excluding diaryl/α,β-unsaturated/α-hetero) is 1. The standard InChI is InChI=1S/C28H31FN2O4S/c1-19-16-21(10-15-26(19)36(34,35)31-28(2,3)4)18-25(32)24(17-20-8-6-5-7-9-20)30-27(33)22-11-13-23(29)14-12-22/h5-16,24,31H,17-18H2,1-4H3,(H,30,33)/t24-/m0/s1. The summed E-state index contributed by atoms with van der Waals surface area (Å²) in [7, 11) is -3.72. The second kappa shape index (κ2) is 11.1. The van der Waals surface area contributed by atoms with E-state index in [1.807, 2.05) is 30.3 Å². The van der Waals surface area contributed by atoms with Crippen molar-refractivity contribution in [3.8, 4) is 0 Å². The third-order valence-corrected chi connectivity index (χ3v) is 7.35. The van der Waals surface area contributed by atoms with Gasteiger partial charge >= 0.3 is 0 Å². The van der Waals surface area contributed by atoms with Gasteiger partial charge in [0.2, 0.25) is 10.0 Å². The maximum Gasteiger partial charge on any atom is 0.251 e. The van der Waals surface area contributed by atoms with E-state index in [1.54, 1.807) is 39.8 Å². The molecule has 0 fully saturated rings. The van der Waals surface area contributed by atoms with Gasteiger partial charge in [0.1, 0.15) is 5.82 Å². The monoisotopic (exact) mass is 510 g/mol. The molecular weight excluding hydrogens is 479 g/mol. The van der Waals surface area contributed by atoms with E-state index in [1.165, 1.54) is 30.3 Å². The Kier molecular flexibility index (Phi) is 8.43. The van der Waals surface area contributed by atoms with Gasteiger partial charge in [0.15, 0.2) is 5.78 Å². The van der Waals surface area contributed by atoms with Crippen LogP contribution in [0.25, 0.3) is 0 Å². The Balaban J connectivity index is 1.81. The van der Waals surface area contributed by atoms with Gasteiger partial charge in [-0.15, -0.1) is 0 Å². The van der Waals surface area contributed by atoms with E-state index in [4.69, 9.17) is 0 Å². The summed E-state index contributed by atoms with van der Waals surface area (Å²) in [5.74, 6) is -1.16. The van der Waals surface area contributed by atoms with Crippen LogP contribution in [0.4, 0.5) is 4.39 Å². The summed E-state index contributed by atoms with van der Waals surface area (Å²) in [6.45, 7) is 6.98. The minimum atomic E-state index is -3.72. The molecule has 3 rings (SSSR count). The molecule has 36 heavy (non-hydrogen) atoms. The van der Waals surface area contributed by atoms with Crippen LogP contribution in [0.2, 0.25) is 0 Å². The van der Waals surface area contributed by atoms with Gasteiger partial charge in [-0.05, 0) is 81.1 Å². The van der Waals surface area contributed by atoms with Crippen molar-refractivity contribution in [3.05, 3.63) is 101 Å². The summed E-state index contributed by atoms with van der Waals surface area (Å²) in [4.78, 5) is 26.2. The van der Waals surface area contributed by atoms with Crippen LogP contribution < -0.4 is 10.0 Å². The van der Waals surface area contributed by atoms with Crippen LogP contribution in [0.1, 0.15) is 47.8 Å². The summed E-state index contributed by atoms with van der Waals surface area (Å²) in [6, 6.07) is 18.4. The minimum absolute atomic E-state index is 0.00899. The Morgan fingerprint density at radius 1 is 0.917 bits per heavy atom. The van der Waals surface area contributed by atoms with Gasteiger partial charge in [0, 0.05) is 17.5 Å². The van der Waals surface area contributed by atoms with Crippen LogP contribution in [0.3, 0.4) is 0 Å². The van der Waals surface area contributed by atoms with Gasteiger partial charge in [-0.25, -0.2) is 17.5 Å². The molecule has 0 aliphatic rings. The average Bonchev–Trinajstić information content (AvgIpc) is 2.78. The van der Waals surface area contributed by atoms with Crippen molar-refractivity contribution in [1.29, 1.82) is 0 Å². The average molecular weight is 511 g/mol. The fraction of sp³-hybridized carbons (Fsp3) is 0.286. The van der Waals surface area contributed by atoms with E-state index in [0.717, 1.165) is 5.56 Å². The first-order valence-corrected chi connectivity index (χ1v) is 13.1. The molecule has 0 aliphatic carbocycles. The summed E-state index contributed by atoms with van der Waals surface area (Å²) in [6.07, 6.45) is 0.294. The lowest BCUT2D eigenvalue weighted by molar-refractivity contribution is -0.120. The van der Waals surface area contributed by atoms with E-state index >= 15 is 0 Å². The van der Waals surface area contributed by atoms with Crippen molar-refractivity contribution in [2.24, 2.45) is 0 Å². The molecule has 6 nitrogen and oxygen atoms in total. The van der Waals surface area contributed by atoms with Crippen molar-refractivity contribution < 1.29 is 22.4 Å². The second-order valence-corrected chi connectivity index (χ2v) is 11.5. The molecule has 0 saturated heterocycles. The van der Waals surface area contributed by atoms with E-state index in [-0.39, 0.29) is 29.1 Å². The molecule has 0 unspecified atom stereocenters. The normalized spacial score (nSPS) is 12.7. The van der Waals surface area contributed by atoms with Crippen molar-refractivity contribution in [2.75, 3.05) is 0 Å². The Hall–Kier alpha value is -3.36. The first-order chi connectivity index (χ1) is 16.8. The lowest BCUT2D eigenvalue weighted by Crippen LogP contribution is -2.43. The zero-order chi connectivity index (χ0) is 26.5. The highest BCUT2D eigenvalue weighted by atomic mass is 32.2. The van der Waals surface area contributed by atoms with Gasteiger partial charge in [-0.3, -0.25) is 9.59 Å². The van der Waals surface area contributed by atoms with Crippen molar-refractivity contribution >= 4 is 21.7 Å². The van der Waals surface area contributed by atoms with E-state index in [2.05, 4.69) is 10.0 Å². The molecule has 2 N–H and O–H groups in total. The largest absolute Gasteiger partial charge is 0.342 e. The van der Waals surface area contributed by atoms with Crippen LogP contribution in [0.15, 0.2) is 77.7 Å². The summed E-state index contributed by atoms with van der Waals surface area (Å²) in [5, 5.41) is 2.78. The number of amides is 1. The SMILES string of the molecule is Cc1cc(CC(=O)[C@H](Cc2ccccc2)NC(=O)c2ccc(F)cc2)ccc1S(=O)(=O)NC(C)(C)C. The van der Waals surface area contributed by atoms with Crippen LogP contribution in [-0.4, -0.2) is 31.7 Å². The van der Waals surface area contributed by atoms with Gasteiger partial charge in [0.05, 0.1) is 10.9 Å². The molecule has 3 aromatic rings. The van der Waals surface area contributed by atoms with Crippen LogP contribution in [0, 0.1) is 12.7 Å². The molecule has 3 aromatic carbocycles. The molecule has 190 valence electrons. The van der Waals surface area contributed by atoms with Crippen molar-refractivity contribution in [2.45, 2.75) is 57.0 Å². The Morgan fingerprint density at radius 3 is 2.14 bits per heavy atom. The molecule has 0 aromatic heterocycles. The first-order valence-electron chi connectivity index (χ1n) is 11.6. The number of carbonyl (C=O) groups is 2. The molecule has 8 heteroatoms. The predicted octanol–water partition coefficient (Wildman–Crippen LogP) is 4.36. The number of rotatable bonds is 9. The van der Waals surface area contributed by atoms with Gasteiger partial charge in [0.25, 0.3) is 5.91 Å². The maximum absolute atomic E-state index is 13.3. The molecule has 0 aliphatic heterocycles. The number of sulfonamides is 1. The number of nitrogens with one attached hydrogen (secondary N) is 2. The Labute approximate surface area is 212 Å². The Morgan fingerprint density at radius 2 is 1.56 bits per heavy atom. The van der Waals surface area contributed by atoms with Crippen LogP contribution in [0.5, 0.6) is 0 Å². The first kappa shape index (κ1) is 27.2. The molecule has 0 radical (unpaired) electrons. The van der Waals surface area contributed by atoms with Gasteiger partial charge < -0.3 is 5.32 Å². The number of carbonyl (C=O) groups excluding carboxylic acids is 2. The summed E-state index contributed by atoms with van der Waals surface area (Å²) >= 11 is 0. The zero-order valence-electron chi connectivity index (χ0n) is 20.8. The maximum atomic E-state index is 13.3. The minimum Gasteiger partial charge on any atom is -0.342 e. The topological polar surface area (TPSA) is 92.3 Å². The van der Waals surface area contributed by atoms with Crippen molar-refractivity contribution in [1.82, 2.24) is 10.0 Å².